The molecule has 0 spiro atoms. The van der Waals surface area contributed by atoms with Crippen molar-refractivity contribution < 1.29 is 23.0 Å². The molecule has 3 rings (SSSR count). The van der Waals surface area contributed by atoms with Gasteiger partial charge in [0.15, 0.2) is 28.3 Å². The van der Waals surface area contributed by atoms with E-state index < -0.39 is 17.5 Å². The maximum Gasteiger partial charge on any atom is 0.257 e. The molecule has 0 bridgehead atoms. The molecule has 0 aliphatic carbocycles. The molecule has 130 valence electrons. The average molecular weight is 385 g/mol. The molecule has 5 nitrogen and oxygen atoms in total. The van der Waals surface area contributed by atoms with Crippen LogP contribution in [-0.4, -0.2) is 25.1 Å². The second-order valence-corrected chi connectivity index (χ2v) is 6.34. The van der Waals surface area contributed by atoms with Crippen LogP contribution >= 0.6 is 22.9 Å². The van der Waals surface area contributed by atoms with Gasteiger partial charge in [-0.2, -0.15) is 0 Å². The third kappa shape index (κ3) is 3.35. The molecular weight excluding hydrogens is 374 g/mol. The van der Waals surface area contributed by atoms with Gasteiger partial charge < -0.3 is 9.47 Å². The van der Waals surface area contributed by atoms with Gasteiger partial charge in [0.1, 0.15) is 0 Å². The molecule has 0 atom stereocenters. The number of hydrogen-bond acceptors (Lipinski definition) is 5. The fraction of sp³-hybridized carbons (Fsp3) is 0.125. The van der Waals surface area contributed by atoms with Crippen LogP contribution in [0.5, 0.6) is 11.5 Å². The molecule has 1 aromatic heterocycles. The number of ether oxygens (including phenoxy) is 2. The quantitative estimate of drug-likeness (QED) is 0.719. The Balaban J connectivity index is 1.91. The molecule has 0 aliphatic heterocycles. The summed E-state index contributed by atoms with van der Waals surface area (Å²) in [4.78, 5) is 16.5. The van der Waals surface area contributed by atoms with Crippen LogP contribution in [0.2, 0.25) is 5.02 Å². The molecule has 1 amide bonds. The van der Waals surface area contributed by atoms with E-state index in [1.807, 2.05) is 0 Å². The van der Waals surface area contributed by atoms with Crippen molar-refractivity contribution in [2.45, 2.75) is 0 Å². The van der Waals surface area contributed by atoms with Gasteiger partial charge >= 0.3 is 0 Å². The number of amides is 1. The number of carbonyl (C=O) groups is 1. The fourth-order valence-electron chi connectivity index (χ4n) is 2.20. The SMILES string of the molecule is COc1cc(C(=O)Nc2nc3cc(F)c(F)cc3s2)cc(Cl)c1OC. The van der Waals surface area contributed by atoms with Crippen molar-refractivity contribution in [2.24, 2.45) is 0 Å². The Kier molecular flexibility index (Phi) is 4.73. The highest BCUT2D eigenvalue weighted by Crippen LogP contribution is 2.36. The zero-order chi connectivity index (χ0) is 18.1. The number of carbonyl (C=O) groups excluding carboxylic acids is 1. The predicted octanol–water partition coefficient (Wildman–Crippen LogP) is 4.50. The minimum atomic E-state index is -0.998. The first-order chi connectivity index (χ1) is 11.9. The standard InChI is InChI=1S/C16H11ClF2N2O3S/c1-23-12-4-7(3-8(17)14(12)24-2)15(22)21-16-20-11-5-9(18)10(19)6-13(11)25-16/h3-6H,1-2H3,(H,20,21,22). The number of nitrogens with one attached hydrogen (secondary N) is 1. The smallest absolute Gasteiger partial charge is 0.257 e. The van der Waals surface area contributed by atoms with Gasteiger partial charge in [0, 0.05) is 11.6 Å². The summed E-state index contributed by atoms with van der Waals surface area (Å²) in [6.45, 7) is 0. The highest BCUT2D eigenvalue weighted by atomic mass is 35.5. The predicted molar refractivity (Wildman–Crippen MR) is 92.0 cm³/mol. The molecule has 0 aliphatic rings. The zero-order valence-corrected chi connectivity index (χ0v) is 14.6. The molecule has 1 heterocycles. The zero-order valence-electron chi connectivity index (χ0n) is 13.0. The lowest BCUT2D eigenvalue weighted by atomic mass is 10.2. The molecule has 3 aromatic rings. The van der Waals surface area contributed by atoms with Crippen LogP contribution < -0.4 is 14.8 Å². The van der Waals surface area contributed by atoms with Crippen molar-refractivity contribution in [3.8, 4) is 11.5 Å². The monoisotopic (exact) mass is 384 g/mol. The molecule has 2 aromatic carbocycles. The first-order valence-corrected chi connectivity index (χ1v) is 8.11. The van der Waals surface area contributed by atoms with E-state index in [1.54, 1.807) is 0 Å². The second-order valence-electron chi connectivity index (χ2n) is 4.90. The number of halogens is 3. The summed E-state index contributed by atoms with van der Waals surface area (Å²) < 4.78 is 37.2. The molecule has 0 unspecified atom stereocenters. The van der Waals surface area contributed by atoms with Gasteiger partial charge in [0.25, 0.3) is 5.91 Å². The van der Waals surface area contributed by atoms with Crippen molar-refractivity contribution in [1.82, 2.24) is 4.98 Å². The average Bonchev–Trinajstić information content (AvgIpc) is 2.95. The highest BCUT2D eigenvalue weighted by molar-refractivity contribution is 7.22. The van der Waals surface area contributed by atoms with Crippen molar-refractivity contribution in [3.05, 3.63) is 46.5 Å². The van der Waals surface area contributed by atoms with Crippen LogP contribution in [0.4, 0.5) is 13.9 Å². The van der Waals surface area contributed by atoms with Crippen molar-refractivity contribution in [3.63, 3.8) is 0 Å². The summed E-state index contributed by atoms with van der Waals surface area (Å²) in [7, 11) is 2.86. The molecule has 0 saturated heterocycles. The minimum absolute atomic E-state index is 0.205. The van der Waals surface area contributed by atoms with Crippen LogP contribution in [0.1, 0.15) is 10.4 Å². The summed E-state index contributed by atoms with van der Waals surface area (Å²) in [6, 6.07) is 4.90. The highest BCUT2D eigenvalue weighted by Gasteiger charge is 2.17. The van der Waals surface area contributed by atoms with E-state index in [0.29, 0.717) is 16.2 Å². The Bertz CT molecular complexity index is 939. The molecule has 0 radical (unpaired) electrons. The lowest BCUT2D eigenvalue weighted by Crippen LogP contribution is -2.12. The van der Waals surface area contributed by atoms with Gasteiger partial charge in [-0.05, 0) is 18.2 Å². The van der Waals surface area contributed by atoms with Gasteiger partial charge in [-0.1, -0.05) is 22.9 Å². The van der Waals surface area contributed by atoms with Crippen molar-refractivity contribution in [1.29, 1.82) is 0 Å². The van der Waals surface area contributed by atoms with E-state index in [0.717, 1.165) is 23.5 Å². The number of aromatic nitrogens is 1. The number of hydrogen-bond donors (Lipinski definition) is 1. The van der Waals surface area contributed by atoms with Gasteiger partial charge in [0.05, 0.1) is 29.5 Å². The number of anilines is 1. The maximum absolute atomic E-state index is 13.3. The van der Waals surface area contributed by atoms with Crippen LogP contribution in [0.3, 0.4) is 0 Å². The lowest BCUT2D eigenvalue weighted by molar-refractivity contribution is 0.102. The summed E-state index contributed by atoms with van der Waals surface area (Å²) in [5, 5.41) is 2.98. The Morgan fingerprint density at radius 1 is 1.16 bits per heavy atom. The number of nitrogens with zero attached hydrogens (tertiary/aromatic N) is 1. The molecule has 25 heavy (non-hydrogen) atoms. The van der Waals surface area contributed by atoms with Gasteiger partial charge in [-0.25, -0.2) is 13.8 Å². The van der Waals surface area contributed by atoms with Gasteiger partial charge in [-0.15, -0.1) is 0 Å². The number of benzene rings is 2. The first kappa shape index (κ1) is 17.4. The summed E-state index contributed by atoms with van der Waals surface area (Å²) in [5.74, 6) is -1.86. The third-order valence-corrected chi connectivity index (χ3v) is 4.56. The van der Waals surface area contributed by atoms with E-state index in [4.69, 9.17) is 21.1 Å². The minimum Gasteiger partial charge on any atom is -0.493 e. The number of methoxy groups -OCH3 is 2. The molecule has 1 N–H and O–H groups in total. The summed E-state index contributed by atoms with van der Waals surface area (Å²) in [5.41, 5.74) is 0.476. The number of rotatable bonds is 4. The van der Waals surface area contributed by atoms with Crippen LogP contribution in [0, 0.1) is 11.6 Å². The Hall–Kier alpha value is -2.45. The molecule has 0 saturated carbocycles. The van der Waals surface area contributed by atoms with Gasteiger partial charge in [0.2, 0.25) is 0 Å². The van der Waals surface area contributed by atoms with E-state index in [9.17, 15) is 13.6 Å². The van der Waals surface area contributed by atoms with E-state index in [1.165, 1.54) is 26.4 Å². The van der Waals surface area contributed by atoms with Crippen LogP contribution in [0.15, 0.2) is 24.3 Å². The topological polar surface area (TPSA) is 60.5 Å². The third-order valence-electron chi connectivity index (χ3n) is 3.35. The maximum atomic E-state index is 13.3. The summed E-state index contributed by atoms with van der Waals surface area (Å²) >= 11 is 7.10. The summed E-state index contributed by atoms with van der Waals surface area (Å²) in [6.07, 6.45) is 0. The number of thiazole rings is 1. The number of fused-ring (bicyclic) bond motifs is 1. The fourth-order valence-corrected chi connectivity index (χ4v) is 3.35. The van der Waals surface area contributed by atoms with Crippen LogP contribution in [0.25, 0.3) is 10.2 Å². The van der Waals surface area contributed by atoms with E-state index in [2.05, 4.69) is 10.3 Å². The first-order valence-electron chi connectivity index (χ1n) is 6.91. The molecule has 9 heteroatoms. The largest absolute Gasteiger partial charge is 0.493 e. The van der Waals surface area contributed by atoms with Crippen LogP contribution in [-0.2, 0) is 0 Å². The van der Waals surface area contributed by atoms with Gasteiger partial charge in [-0.3, -0.25) is 10.1 Å². The Labute approximate surface area is 150 Å². The Morgan fingerprint density at radius 3 is 2.56 bits per heavy atom. The van der Waals surface area contributed by atoms with Crippen molar-refractivity contribution >= 4 is 44.2 Å². The normalized spacial score (nSPS) is 10.8. The lowest BCUT2D eigenvalue weighted by Gasteiger charge is -2.11. The van der Waals surface area contributed by atoms with Crippen molar-refractivity contribution in [2.75, 3.05) is 19.5 Å². The molecular formula is C16H11ClF2N2O3S. The second kappa shape index (κ2) is 6.81. The van der Waals surface area contributed by atoms with E-state index >= 15 is 0 Å². The van der Waals surface area contributed by atoms with E-state index in [-0.39, 0.29) is 21.2 Å². The Morgan fingerprint density at radius 2 is 1.88 bits per heavy atom. The molecule has 0 fully saturated rings.